The lowest BCUT2D eigenvalue weighted by atomic mass is 9.98. The molecule has 1 aliphatic heterocycles. The second-order valence-corrected chi connectivity index (χ2v) is 6.47. The number of methoxy groups -OCH3 is 1. The molecule has 1 aliphatic rings. The van der Waals surface area contributed by atoms with Gasteiger partial charge in [0.15, 0.2) is 5.82 Å². The molecule has 140 valence electrons. The minimum Gasteiger partial charge on any atom is -0.497 e. The van der Waals surface area contributed by atoms with Gasteiger partial charge in [-0.25, -0.2) is 0 Å². The third kappa shape index (κ3) is 3.53. The van der Waals surface area contributed by atoms with E-state index in [1.807, 2.05) is 35.8 Å². The molecule has 1 amide bonds. The lowest BCUT2D eigenvalue weighted by Gasteiger charge is -2.22. The number of fused-ring (bicyclic) bond motifs is 1. The summed E-state index contributed by atoms with van der Waals surface area (Å²) >= 11 is 0. The number of hydrogen-bond donors (Lipinski definition) is 1. The molecule has 0 saturated heterocycles. The number of aryl methyl sites for hydroxylation is 2. The van der Waals surface area contributed by atoms with Crippen molar-refractivity contribution >= 4 is 5.91 Å². The number of ether oxygens (including phenoxy) is 1. The zero-order valence-electron chi connectivity index (χ0n) is 15.2. The molecule has 1 atom stereocenters. The molecule has 2 aromatic heterocycles. The van der Waals surface area contributed by atoms with Crippen molar-refractivity contribution in [2.75, 3.05) is 7.11 Å². The Kier molecular flexibility index (Phi) is 4.57. The van der Waals surface area contributed by atoms with E-state index in [4.69, 9.17) is 9.26 Å². The molecule has 1 aromatic carbocycles. The fraction of sp³-hybridized carbons (Fsp3) is 0.389. The van der Waals surface area contributed by atoms with Crippen LogP contribution < -0.4 is 10.1 Å². The maximum absolute atomic E-state index is 12.5. The first-order chi connectivity index (χ1) is 13.1. The van der Waals surface area contributed by atoms with Crippen molar-refractivity contribution in [1.82, 2.24) is 30.2 Å². The highest BCUT2D eigenvalue weighted by molar-refractivity contribution is 5.78. The quantitative estimate of drug-likeness (QED) is 0.727. The molecule has 27 heavy (non-hydrogen) atoms. The zero-order valence-corrected chi connectivity index (χ0v) is 15.2. The third-order valence-electron chi connectivity index (χ3n) is 4.73. The van der Waals surface area contributed by atoms with Crippen LogP contribution in [0.3, 0.4) is 0 Å². The van der Waals surface area contributed by atoms with Crippen molar-refractivity contribution in [3.05, 3.63) is 41.7 Å². The number of rotatable bonds is 5. The van der Waals surface area contributed by atoms with Crippen molar-refractivity contribution < 1.29 is 14.1 Å². The minimum atomic E-state index is -0.111. The largest absolute Gasteiger partial charge is 0.497 e. The molecule has 0 unspecified atom stereocenters. The molecule has 1 N–H and O–H groups in total. The Morgan fingerprint density at radius 1 is 1.33 bits per heavy atom. The van der Waals surface area contributed by atoms with Crippen molar-refractivity contribution in [3.8, 4) is 17.2 Å². The lowest BCUT2D eigenvalue weighted by Crippen LogP contribution is -2.36. The van der Waals surface area contributed by atoms with E-state index in [9.17, 15) is 4.79 Å². The molecule has 0 bridgehead atoms. The van der Waals surface area contributed by atoms with Crippen LogP contribution in [0.25, 0.3) is 11.5 Å². The maximum atomic E-state index is 12.5. The number of hydrogen-bond acceptors (Lipinski definition) is 7. The number of nitrogens with zero attached hydrogens (tertiary/aromatic N) is 5. The fourth-order valence-electron chi connectivity index (χ4n) is 3.16. The van der Waals surface area contributed by atoms with Crippen LogP contribution in [0.15, 0.2) is 28.8 Å². The van der Waals surface area contributed by atoms with Crippen molar-refractivity contribution in [3.63, 3.8) is 0 Å². The standard InChI is InChI=1S/C18H20N6O3/c1-11-21-22-16-8-5-13(10-24(11)16)17(25)19-9-15-20-18(27-23-15)12-3-6-14(26-2)7-4-12/h3-4,6-7,13H,5,8-10H2,1-2H3,(H,19,25)/t13-/m0/s1. The molecule has 3 heterocycles. The van der Waals surface area contributed by atoms with Gasteiger partial charge in [0.25, 0.3) is 5.89 Å². The van der Waals surface area contributed by atoms with Crippen LogP contribution in [-0.4, -0.2) is 37.9 Å². The molecular formula is C18H20N6O3. The van der Waals surface area contributed by atoms with Crippen LogP contribution in [0, 0.1) is 12.8 Å². The van der Waals surface area contributed by atoms with E-state index in [1.54, 1.807) is 7.11 Å². The predicted molar refractivity (Wildman–Crippen MR) is 94.7 cm³/mol. The van der Waals surface area contributed by atoms with Crippen LogP contribution in [0.4, 0.5) is 0 Å². The molecule has 0 spiro atoms. The second-order valence-electron chi connectivity index (χ2n) is 6.47. The predicted octanol–water partition coefficient (Wildman–Crippen LogP) is 1.52. The summed E-state index contributed by atoms with van der Waals surface area (Å²) in [7, 11) is 1.61. The van der Waals surface area contributed by atoms with Gasteiger partial charge in [-0.05, 0) is 37.6 Å². The van der Waals surface area contributed by atoms with Gasteiger partial charge in [-0.1, -0.05) is 5.16 Å². The third-order valence-corrected chi connectivity index (χ3v) is 4.73. The number of nitrogens with one attached hydrogen (secondary N) is 1. The fourth-order valence-corrected chi connectivity index (χ4v) is 3.16. The van der Waals surface area contributed by atoms with Gasteiger partial charge in [-0.2, -0.15) is 4.98 Å². The summed E-state index contributed by atoms with van der Waals surface area (Å²) < 4.78 is 12.4. The van der Waals surface area contributed by atoms with E-state index in [0.717, 1.165) is 35.8 Å². The Morgan fingerprint density at radius 3 is 2.93 bits per heavy atom. The molecular weight excluding hydrogens is 348 g/mol. The number of carbonyl (C=O) groups is 1. The first kappa shape index (κ1) is 17.2. The van der Waals surface area contributed by atoms with Gasteiger partial charge in [-0.3, -0.25) is 4.79 Å². The summed E-state index contributed by atoms with van der Waals surface area (Å²) in [6, 6.07) is 7.34. The van der Waals surface area contributed by atoms with E-state index in [-0.39, 0.29) is 18.4 Å². The van der Waals surface area contributed by atoms with Gasteiger partial charge in [0.05, 0.1) is 19.6 Å². The SMILES string of the molecule is COc1ccc(-c2nc(CNC(=O)[C@H]3CCc4nnc(C)n4C3)no2)cc1. The molecule has 9 nitrogen and oxygen atoms in total. The summed E-state index contributed by atoms with van der Waals surface area (Å²) in [5, 5.41) is 15.0. The lowest BCUT2D eigenvalue weighted by molar-refractivity contribution is -0.126. The highest BCUT2D eigenvalue weighted by Crippen LogP contribution is 2.22. The van der Waals surface area contributed by atoms with Crippen LogP contribution >= 0.6 is 0 Å². The Labute approximate surface area is 155 Å². The van der Waals surface area contributed by atoms with Gasteiger partial charge in [0, 0.05) is 18.5 Å². The molecule has 0 fully saturated rings. The minimum absolute atomic E-state index is 0.0236. The Balaban J connectivity index is 1.36. The Bertz CT molecular complexity index is 946. The van der Waals surface area contributed by atoms with Gasteiger partial charge in [-0.15, -0.1) is 10.2 Å². The first-order valence-electron chi connectivity index (χ1n) is 8.77. The summed E-state index contributed by atoms with van der Waals surface area (Å²) in [6.07, 6.45) is 1.51. The van der Waals surface area contributed by atoms with Crippen LogP contribution in [0.2, 0.25) is 0 Å². The highest BCUT2D eigenvalue weighted by atomic mass is 16.5. The molecule has 0 aliphatic carbocycles. The molecule has 0 radical (unpaired) electrons. The van der Waals surface area contributed by atoms with E-state index in [2.05, 4.69) is 25.7 Å². The van der Waals surface area contributed by atoms with E-state index in [1.165, 1.54) is 0 Å². The number of carbonyl (C=O) groups excluding carboxylic acids is 1. The van der Waals surface area contributed by atoms with Crippen LogP contribution in [-0.2, 0) is 24.3 Å². The second kappa shape index (κ2) is 7.18. The number of aromatic nitrogens is 5. The monoisotopic (exact) mass is 368 g/mol. The van der Waals surface area contributed by atoms with Crippen molar-refractivity contribution in [1.29, 1.82) is 0 Å². The van der Waals surface area contributed by atoms with E-state index >= 15 is 0 Å². The van der Waals surface area contributed by atoms with Crippen LogP contribution in [0.1, 0.15) is 23.9 Å². The van der Waals surface area contributed by atoms with Gasteiger partial charge in [0.1, 0.15) is 17.4 Å². The first-order valence-corrected chi connectivity index (χ1v) is 8.77. The van der Waals surface area contributed by atoms with Crippen molar-refractivity contribution in [2.45, 2.75) is 32.9 Å². The molecule has 0 saturated carbocycles. The zero-order chi connectivity index (χ0) is 18.8. The van der Waals surface area contributed by atoms with E-state index in [0.29, 0.717) is 18.3 Å². The Hall–Kier alpha value is -3.23. The van der Waals surface area contributed by atoms with Gasteiger partial charge < -0.3 is 19.1 Å². The summed E-state index contributed by atoms with van der Waals surface area (Å²) in [4.78, 5) is 16.8. The molecule has 4 rings (SSSR count). The summed E-state index contributed by atoms with van der Waals surface area (Å²) in [5.74, 6) is 3.24. The normalized spacial score (nSPS) is 16.0. The molecule has 9 heteroatoms. The summed E-state index contributed by atoms with van der Waals surface area (Å²) in [5.41, 5.74) is 0.795. The average molecular weight is 368 g/mol. The Morgan fingerprint density at radius 2 is 2.15 bits per heavy atom. The van der Waals surface area contributed by atoms with Gasteiger partial charge in [0.2, 0.25) is 5.91 Å². The maximum Gasteiger partial charge on any atom is 0.257 e. The van der Waals surface area contributed by atoms with E-state index < -0.39 is 0 Å². The number of benzene rings is 1. The topological polar surface area (TPSA) is 108 Å². The van der Waals surface area contributed by atoms with Crippen molar-refractivity contribution in [2.24, 2.45) is 5.92 Å². The number of amides is 1. The molecule has 3 aromatic rings. The van der Waals surface area contributed by atoms with Crippen LogP contribution in [0.5, 0.6) is 5.75 Å². The smallest absolute Gasteiger partial charge is 0.257 e. The summed E-state index contributed by atoms with van der Waals surface area (Å²) in [6.45, 7) is 2.73. The highest BCUT2D eigenvalue weighted by Gasteiger charge is 2.26. The average Bonchev–Trinajstić information content (AvgIpc) is 3.33. The van der Waals surface area contributed by atoms with Gasteiger partial charge >= 0.3 is 0 Å².